The van der Waals surface area contributed by atoms with Gasteiger partial charge in [-0.3, -0.25) is 0 Å². The second-order valence-corrected chi connectivity index (χ2v) is 5.71. The van der Waals surface area contributed by atoms with Crippen LogP contribution in [-0.2, 0) is 6.18 Å². The van der Waals surface area contributed by atoms with Crippen LogP contribution in [0.1, 0.15) is 19.4 Å². The molecule has 0 bridgehead atoms. The van der Waals surface area contributed by atoms with Gasteiger partial charge in [0, 0.05) is 12.6 Å². The summed E-state index contributed by atoms with van der Waals surface area (Å²) < 4.78 is 38.2. The lowest BCUT2D eigenvalue weighted by Crippen LogP contribution is -2.36. The maximum Gasteiger partial charge on any atom is 0.416 e. The summed E-state index contributed by atoms with van der Waals surface area (Å²) >= 11 is 5.66. The molecule has 0 radical (unpaired) electrons. The lowest BCUT2D eigenvalue weighted by atomic mass is 10.0. The Morgan fingerprint density at radius 3 is 2.35 bits per heavy atom. The summed E-state index contributed by atoms with van der Waals surface area (Å²) in [6.07, 6.45) is -4.43. The molecule has 3 nitrogen and oxygen atoms in total. The Hall–Kier alpha value is -1.01. The Labute approximate surface area is 122 Å². The van der Waals surface area contributed by atoms with Crippen LogP contribution in [0.4, 0.5) is 19.0 Å². The van der Waals surface area contributed by atoms with Crippen LogP contribution in [0.5, 0.6) is 0 Å². The highest BCUT2D eigenvalue weighted by Crippen LogP contribution is 2.32. The van der Waals surface area contributed by atoms with Gasteiger partial charge < -0.3 is 10.2 Å². The molecule has 7 heteroatoms. The fourth-order valence-corrected chi connectivity index (χ4v) is 1.95. The number of aromatic nitrogens is 1. The van der Waals surface area contributed by atoms with Crippen molar-refractivity contribution in [1.82, 2.24) is 9.88 Å². The second kappa shape index (κ2) is 6.63. The first-order valence-corrected chi connectivity index (χ1v) is 6.63. The van der Waals surface area contributed by atoms with Crippen LogP contribution in [0.3, 0.4) is 0 Å². The van der Waals surface area contributed by atoms with Gasteiger partial charge in [-0.2, -0.15) is 13.2 Å². The monoisotopic (exact) mass is 309 g/mol. The summed E-state index contributed by atoms with van der Waals surface area (Å²) in [7, 11) is 3.81. The first-order valence-electron chi connectivity index (χ1n) is 6.25. The number of likely N-dealkylation sites (N-methyl/N-ethyl adjacent to an activating group) is 1. The van der Waals surface area contributed by atoms with Gasteiger partial charge in [0.2, 0.25) is 0 Å². The molecule has 1 unspecified atom stereocenters. The topological polar surface area (TPSA) is 28.2 Å². The molecule has 0 amide bonds. The predicted octanol–water partition coefficient (Wildman–Crippen LogP) is 3.75. The Morgan fingerprint density at radius 2 is 1.90 bits per heavy atom. The molecule has 0 saturated carbocycles. The van der Waals surface area contributed by atoms with Crippen molar-refractivity contribution < 1.29 is 13.2 Å². The summed E-state index contributed by atoms with van der Waals surface area (Å²) in [4.78, 5) is 5.88. The van der Waals surface area contributed by atoms with E-state index in [0.29, 0.717) is 6.54 Å². The van der Waals surface area contributed by atoms with Gasteiger partial charge in [-0.15, -0.1) is 0 Å². The van der Waals surface area contributed by atoms with Crippen LogP contribution >= 0.6 is 11.6 Å². The molecule has 20 heavy (non-hydrogen) atoms. The Morgan fingerprint density at radius 1 is 1.30 bits per heavy atom. The van der Waals surface area contributed by atoms with Gasteiger partial charge in [0.25, 0.3) is 0 Å². The van der Waals surface area contributed by atoms with Crippen LogP contribution in [0.15, 0.2) is 12.1 Å². The Bertz CT molecular complexity index is 447. The van der Waals surface area contributed by atoms with Gasteiger partial charge in [0.05, 0.1) is 5.56 Å². The molecule has 0 aliphatic carbocycles. The molecule has 114 valence electrons. The third-order valence-corrected chi connectivity index (χ3v) is 3.01. The number of alkyl halides is 3. The summed E-state index contributed by atoms with van der Waals surface area (Å²) in [6, 6.07) is 1.79. The van der Waals surface area contributed by atoms with Crippen molar-refractivity contribution >= 4 is 17.4 Å². The number of hydrogen-bond acceptors (Lipinski definition) is 3. The predicted molar refractivity (Wildman–Crippen MR) is 75.1 cm³/mol. The average molecular weight is 310 g/mol. The van der Waals surface area contributed by atoms with Crippen molar-refractivity contribution in [2.24, 2.45) is 5.92 Å². The number of halogens is 4. The Kier molecular flexibility index (Phi) is 5.65. The zero-order valence-electron chi connectivity index (χ0n) is 11.9. The zero-order valence-corrected chi connectivity index (χ0v) is 12.7. The van der Waals surface area contributed by atoms with Crippen LogP contribution in [0.2, 0.25) is 5.15 Å². The summed E-state index contributed by atoms with van der Waals surface area (Å²) in [6.45, 7) is 4.68. The van der Waals surface area contributed by atoms with Crippen molar-refractivity contribution in [2.45, 2.75) is 26.1 Å². The van der Waals surface area contributed by atoms with E-state index in [9.17, 15) is 13.2 Å². The minimum atomic E-state index is -4.43. The van der Waals surface area contributed by atoms with Gasteiger partial charge in [-0.05, 0) is 32.1 Å². The fraction of sp³-hybridized carbons (Fsp3) is 0.615. The normalized spacial score (nSPS) is 13.9. The highest BCUT2D eigenvalue weighted by atomic mass is 35.5. The highest BCUT2D eigenvalue weighted by molar-refractivity contribution is 6.29. The highest BCUT2D eigenvalue weighted by Gasteiger charge is 2.31. The van der Waals surface area contributed by atoms with E-state index < -0.39 is 11.7 Å². The molecule has 0 aliphatic heterocycles. The molecule has 1 aromatic rings. The van der Waals surface area contributed by atoms with Crippen LogP contribution in [0.25, 0.3) is 0 Å². The van der Waals surface area contributed by atoms with Crippen molar-refractivity contribution in [3.8, 4) is 0 Å². The quantitative estimate of drug-likeness (QED) is 0.840. The SMILES string of the molecule is CC(C)C(CN(C)C)Nc1cc(C(F)(F)F)cc(Cl)n1. The summed E-state index contributed by atoms with van der Waals surface area (Å²) in [5.74, 6) is 0.387. The Balaban J connectivity index is 2.98. The van der Waals surface area contributed by atoms with Gasteiger partial charge in [-0.1, -0.05) is 25.4 Å². The largest absolute Gasteiger partial charge is 0.416 e. The van der Waals surface area contributed by atoms with E-state index in [1.807, 2.05) is 32.8 Å². The lowest BCUT2D eigenvalue weighted by molar-refractivity contribution is -0.137. The smallest absolute Gasteiger partial charge is 0.366 e. The van der Waals surface area contributed by atoms with E-state index in [0.717, 1.165) is 12.1 Å². The minimum Gasteiger partial charge on any atom is -0.366 e. The molecule has 1 N–H and O–H groups in total. The van der Waals surface area contributed by atoms with E-state index in [4.69, 9.17) is 11.6 Å². The third kappa shape index (κ3) is 5.17. The van der Waals surface area contributed by atoms with Crippen LogP contribution in [0, 0.1) is 5.92 Å². The number of rotatable bonds is 5. The third-order valence-electron chi connectivity index (χ3n) is 2.82. The second-order valence-electron chi connectivity index (χ2n) is 5.32. The number of nitrogens with zero attached hydrogens (tertiary/aromatic N) is 2. The van der Waals surface area contributed by atoms with Gasteiger partial charge >= 0.3 is 6.18 Å². The minimum absolute atomic E-state index is 0.0166. The molecule has 1 rings (SSSR count). The molecule has 0 aliphatic rings. The lowest BCUT2D eigenvalue weighted by Gasteiger charge is -2.26. The van der Waals surface area contributed by atoms with E-state index in [2.05, 4.69) is 10.3 Å². The van der Waals surface area contributed by atoms with E-state index in [1.54, 1.807) is 0 Å². The van der Waals surface area contributed by atoms with E-state index in [1.165, 1.54) is 0 Å². The molecule has 1 heterocycles. The zero-order chi connectivity index (χ0) is 15.5. The first-order chi connectivity index (χ1) is 9.09. The molecular formula is C13H19ClF3N3. The van der Waals surface area contributed by atoms with Crippen LogP contribution < -0.4 is 5.32 Å². The molecular weight excluding hydrogens is 291 g/mol. The molecule has 0 aromatic carbocycles. The maximum atomic E-state index is 12.7. The first kappa shape index (κ1) is 17.0. The number of nitrogens with one attached hydrogen (secondary N) is 1. The maximum absolute atomic E-state index is 12.7. The molecule has 1 aromatic heterocycles. The van der Waals surface area contributed by atoms with E-state index >= 15 is 0 Å². The van der Waals surface area contributed by atoms with Crippen molar-refractivity contribution in [2.75, 3.05) is 26.0 Å². The molecule has 1 atom stereocenters. The molecule has 0 spiro atoms. The van der Waals surface area contributed by atoms with Gasteiger partial charge in [0.15, 0.2) is 0 Å². The van der Waals surface area contributed by atoms with Gasteiger partial charge in [-0.25, -0.2) is 4.98 Å². The molecule has 0 saturated heterocycles. The summed E-state index contributed by atoms with van der Waals surface area (Å²) in [5, 5.41) is 2.85. The number of anilines is 1. The fourth-order valence-electron chi connectivity index (χ4n) is 1.74. The standard InChI is InChI=1S/C13H19ClF3N3/c1-8(2)10(7-20(3)4)18-12-6-9(13(15,16)17)5-11(14)19-12/h5-6,8,10H,7H2,1-4H3,(H,18,19). The van der Waals surface area contributed by atoms with Crippen molar-refractivity contribution in [1.29, 1.82) is 0 Å². The van der Waals surface area contributed by atoms with E-state index in [-0.39, 0.29) is 22.9 Å². The van der Waals surface area contributed by atoms with Gasteiger partial charge in [0.1, 0.15) is 11.0 Å². The summed E-state index contributed by atoms with van der Waals surface area (Å²) in [5.41, 5.74) is -0.799. The average Bonchev–Trinajstić information content (AvgIpc) is 2.25. The number of pyridine rings is 1. The number of hydrogen-bond donors (Lipinski definition) is 1. The van der Waals surface area contributed by atoms with Crippen molar-refractivity contribution in [3.05, 3.63) is 22.8 Å². The molecule has 0 fully saturated rings. The van der Waals surface area contributed by atoms with Crippen molar-refractivity contribution in [3.63, 3.8) is 0 Å². The van der Waals surface area contributed by atoms with Crippen LogP contribution in [-0.4, -0.2) is 36.6 Å².